The number of hydrogen-bond donors (Lipinski definition) is 1. The van der Waals surface area contributed by atoms with Crippen LogP contribution < -0.4 is 10.1 Å². The third-order valence-electron chi connectivity index (χ3n) is 3.57. The highest BCUT2D eigenvalue weighted by Gasteiger charge is 2.10. The van der Waals surface area contributed by atoms with Crippen molar-refractivity contribution < 1.29 is 9.53 Å². The van der Waals surface area contributed by atoms with Crippen LogP contribution in [-0.2, 0) is 4.79 Å². The molecule has 0 saturated heterocycles. The number of aromatic nitrogens is 2. The van der Waals surface area contributed by atoms with E-state index in [0.29, 0.717) is 11.4 Å². The predicted molar refractivity (Wildman–Crippen MR) is 101 cm³/mol. The van der Waals surface area contributed by atoms with Gasteiger partial charge >= 0.3 is 0 Å². The van der Waals surface area contributed by atoms with Crippen molar-refractivity contribution in [2.45, 2.75) is 12.1 Å². The Labute approximate surface area is 151 Å². The highest BCUT2D eigenvalue weighted by Crippen LogP contribution is 2.22. The van der Waals surface area contributed by atoms with E-state index in [1.54, 1.807) is 19.4 Å². The SMILES string of the molecule is COc1cccc(NC(=O)CSc2nccn2-c2cccc(C)c2)c1. The van der Waals surface area contributed by atoms with E-state index in [4.69, 9.17) is 4.74 Å². The monoisotopic (exact) mass is 353 g/mol. The molecular formula is C19H19N3O2S. The van der Waals surface area contributed by atoms with E-state index in [1.165, 1.54) is 17.3 Å². The Bertz CT molecular complexity index is 876. The van der Waals surface area contributed by atoms with E-state index in [0.717, 1.165) is 10.8 Å². The average molecular weight is 353 g/mol. The van der Waals surface area contributed by atoms with Gasteiger partial charge in [-0.15, -0.1) is 0 Å². The Morgan fingerprint density at radius 3 is 2.88 bits per heavy atom. The Balaban J connectivity index is 1.64. The lowest BCUT2D eigenvalue weighted by molar-refractivity contribution is -0.113. The van der Waals surface area contributed by atoms with Crippen molar-refractivity contribution in [3.8, 4) is 11.4 Å². The largest absolute Gasteiger partial charge is 0.497 e. The van der Waals surface area contributed by atoms with Crippen LogP contribution in [0.15, 0.2) is 66.1 Å². The summed E-state index contributed by atoms with van der Waals surface area (Å²) in [4.78, 5) is 16.6. The second-order valence-electron chi connectivity index (χ2n) is 5.49. The molecule has 1 N–H and O–H groups in total. The molecule has 5 nitrogen and oxygen atoms in total. The number of carbonyl (C=O) groups is 1. The standard InChI is InChI=1S/C19H19N3O2S/c1-14-5-3-7-16(11-14)22-10-9-20-19(22)25-13-18(23)21-15-6-4-8-17(12-15)24-2/h3-12H,13H2,1-2H3,(H,21,23). The maximum atomic E-state index is 12.2. The van der Waals surface area contributed by atoms with Crippen LogP contribution in [0.2, 0.25) is 0 Å². The van der Waals surface area contributed by atoms with Crippen molar-refractivity contribution in [1.82, 2.24) is 9.55 Å². The first-order valence-corrected chi connectivity index (χ1v) is 8.81. The number of rotatable bonds is 6. The molecule has 25 heavy (non-hydrogen) atoms. The van der Waals surface area contributed by atoms with Crippen LogP contribution in [0.5, 0.6) is 5.75 Å². The first-order valence-electron chi connectivity index (χ1n) is 7.83. The molecule has 2 aromatic carbocycles. The summed E-state index contributed by atoms with van der Waals surface area (Å²) < 4.78 is 7.14. The fourth-order valence-corrected chi connectivity index (χ4v) is 3.17. The van der Waals surface area contributed by atoms with Crippen molar-refractivity contribution in [2.24, 2.45) is 0 Å². The van der Waals surface area contributed by atoms with Crippen molar-refractivity contribution in [3.63, 3.8) is 0 Å². The fraction of sp³-hybridized carbons (Fsp3) is 0.158. The smallest absolute Gasteiger partial charge is 0.234 e. The summed E-state index contributed by atoms with van der Waals surface area (Å²) in [5, 5.41) is 3.65. The third kappa shape index (κ3) is 4.42. The summed E-state index contributed by atoms with van der Waals surface area (Å²) in [7, 11) is 1.60. The van der Waals surface area contributed by atoms with Gasteiger partial charge in [0.05, 0.1) is 12.9 Å². The summed E-state index contributed by atoms with van der Waals surface area (Å²) in [6, 6.07) is 15.5. The van der Waals surface area contributed by atoms with Crippen LogP contribution in [0, 0.1) is 6.92 Å². The van der Waals surface area contributed by atoms with Crippen LogP contribution >= 0.6 is 11.8 Å². The molecule has 3 aromatic rings. The fourth-order valence-electron chi connectivity index (χ4n) is 2.40. The first kappa shape index (κ1) is 17.1. The molecule has 0 fully saturated rings. The van der Waals surface area contributed by atoms with E-state index >= 15 is 0 Å². The second kappa shape index (κ2) is 7.90. The lowest BCUT2D eigenvalue weighted by atomic mass is 10.2. The zero-order chi connectivity index (χ0) is 17.6. The number of imidazole rings is 1. The van der Waals surface area contributed by atoms with Gasteiger partial charge in [0.25, 0.3) is 0 Å². The number of anilines is 1. The predicted octanol–water partition coefficient (Wildman–Crippen LogP) is 3.92. The number of ether oxygens (including phenoxy) is 1. The molecule has 0 saturated carbocycles. The van der Waals surface area contributed by atoms with Crippen LogP contribution in [0.3, 0.4) is 0 Å². The van der Waals surface area contributed by atoms with Gasteiger partial charge in [-0.05, 0) is 36.8 Å². The number of methoxy groups -OCH3 is 1. The van der Waals surface area contributed by atoms with E-state index in [2.05, 4.69) is 29.4 Å². The maximum Gasteiger partial charge on any atom is 0.234 e. The topological polar surface area (TPSA) is 56.1 Å². The zero-order valence-corrected chi connectivity index (χ0v) is 14.9. The van der Waals surface area contributed by atoms with Gasteiger partial charge in [-0.3, -0.25) is 9.36 Å². The molecule has 128 valence electrons. The minimum absolute atomic E-state index is 0.0861. The Hall–Kier alpha value is -2.73. The maximum absolute atomic E-state index is 12.2. The normalized spacial score (nSPS) is 10.5. The molecule has 0 bridgehead atoms. The Morgan fingerprint density at radius 2 is 2.08 bits per heavy atom. The molecule has 0 radical (unpaired) electrons. The third-order valence-corrected chi connectivity index (χ3v) is 4.54. The van der Waals surface area contributed by atoms with Gasteiger partial charge in [0, 0.05) is 29.8 Å². The zero-order valence-electron chi connectivity index (χ0n) is 14.1. The molecule has 1 aromatic heterocycles. The van der Waals surface area contributed by atoms with Crippen LogP contribution in [0.4, 0.5) is 5.69 Å². The lowest BCUT2D eigenvalue weighted by Crippen LogP contribution is -2.14. The molecule has 1 amide bonds. The summed E-state index contributed by atoms with van der Waals surface area (Å²) >= 11 is 1.40. The number of thioether (sulfide) groups is 1. The molecule has 1 heterocycles. The number of hydrogen-bond acceptors (Lipinski definition) is 4. The van der Waals surface area contributed by atoms with Gasteiger partial charge in [0.15, 0.2) is 5.16 Å². The van der Waals surface area contributed by atoms with E-state index in [-0.39, 0.29) is 11.7 Å². The summed E-state index contributed by atoms with van der Waals surface area (Å²) in [6.45, 7) is 2.05. The second-order valence-corrected chi connectivity index (χ2v) is 6.43. The summed E-state index contributed by atoms with van der Waals surface area (Å²) in [5.41, 5.74) is 2.93. The number of amides is 1. The molecule has 0 aliphatic heterocycles. The van der Waals surface area contributed by atoms with Crippen molar-refractivity contribution in [2.75, 3.05) is 18.2 Å². The van der Waals surface area contributed by atoms with Gasteiger partial charge in [-0.1, -0.05) is 30.0 Å². The van der Waals surface area contributed by atoms with E-state index in [1.807, 2.05) is 41.1 Å². The van der Waals surface area contributed by atoms with Crippen molar-refractivity contribution >= 4 is 23.4 Å². The Morgan fingerprint density at radius 1 is 1.24 bits per heavy atom. The number of carbonyl (C=O) groups excluding carboxylic acids is 1. The molecule has 0 aliphatic rings. The van der Waals surface area contributed by atoms with E-state index in [9.17, 15) is 4.79 Å². The van der Waals surface area contributed by atoms with Gasteiger partial charge in [0.1, 0.15) is 5.75 Å². The molecule has 6 heteroatoms. The molecule has 0 unspecified atom stereocenters. The Kier molecular flexibility index (Phi) is 5.40. The van der Waals surface area contributed by atoms with Crippen molar-refractivity contribution in [1.29, 1.82) is 0 Å². The van der Waals surface area contributed by atoms with Gasteiger partial charge in [-0.2, -0.15) is 0 Å². The van der Waals surface area contributed by atoms with E-state index < -0.39 is 0 Å². The average Bonchev–Trinajstić information content (AvgIpc) is 3.09. The molecule has 0 aliphatic carbocycles. The summed E-state index contributed by atoms with van der Waals surface area (Å²) in [6.07, 6.45) is 3.64. The number of nitrogens with zero attached hydrogens (tertiary/aromatic N) is 2. The number of aryl methyl sites for hydroxylation is 1. The lowest BCUT2D eigenvalue weighted by Gasteiger charge is -2.09. The minimum Gasteiger partial charge on any atom is -0.497 e. The summed E-state index contributed by atoms with van der Waals surface area (Å²) in [5.74, 6) is 0.900. The first-order chi connectivity index (χ1) is 12.2. The van der Waals surface area contributed by atoms with Crippen LogP contribution in [-0.4, -0.2) is 28.3 Å². The molecule has 0 spiro atoms. The van der Waals surface area contributed by atoms with Gasteiger partial charge in [0.2, 0.25) is 5.91 Å². The van der Waals surface area contributed by atoms with Gasteiger partial charge < -0.3 is 10.1 Å². The quantitative estimate of drug-likeness (QED) is 0.683. The molecule has 0 atom stereocenters. The van der Waals surface area contributed by atoms with Crippen molar-refractivity contribution in [3.05, 3.63) is 66.5 Å². The number of nitrogens with one attached hydrogen (secondary N) is 1. The molecular weight excluding hydrogens is 334 g/mol. The molecule has 3 rings (SSSR count). The van der Waals surface area contributed by atoms with Gasteiger partial charge in [-0.25, -0.2) is 4.98 Å². The van der Waals surface area contributed by atoms with Crippen LogP contribution in [0.25, 0.3) is 5.69 Å². The highest BCUT2D eigenvalue weighted by atomic mass is 32.2. The minimum atomic E-state index is -0.0861. The highest BCUT2D eigenvalue weighted by molar-refractivity contribution is 7.99. The number of benzene rings is 2. The van der Waals surface area contributed by atoms with Crippen LogP contribution in [0.1, 0.15) is 5.56 Å².